The zero-order chi connectivity index (χ0) is 15.7. The van der Waals surface area contributed by atoms with Crippen LogP contribution in [0.15, 0.2) is 48.0 Å². The predicted octanol–water partition coefficient (Wildman–Crippen LogP) is 1.57. The second-order valence-corrected chi connectivity index (χ2v) is 7.09. The molecule has 0 saturated carbocycles. The molecule has 0 saturated heterocycles. The Kier molecular flexibility index (Phi) is 3.71. The standard InChI is InChI=1S/C13H12ClN5O2S/c1-22(20,21)13-15-6-7-18(13)8-11-9-19(17-16-11)12-4-2-10(14)3-5-12/h2-7,9H,8H2,1H3. The van der Waals surface area contributed by atoms with Gasteiger partial charge in [0.25, 0.3) is 0 Å². The molecule has 3 rings (SSSR count). The highest BCUT2D eigenvalue weighted by atomic mass is 35.5. The molecule has 0 aliphatic rings. The van der Waals surface area contributed by atoms with Gasteiger partial charge in [-0.1, -0.05) is 16.8 Å². The Labute approximate surface area is 132 Å². The van der Waals surface area contributed by atoms with Crippen molar-refractivity contribution >= 4 is 21.4 Å². The van der Waals surface area contributed by atoms with Gasteiger partial charge in [-0.2, -0.15) is 0 Å². The van der Waals surface area contributed by atoms with Crippen LogP contribution in [0.4, 0.5) is 0 Å². The minimum atomic E-state index is -3.38. The summed E-state index contributed by atoms with van der Waals surface area (Å²) in [5.74, 6) is 0. The average molecular weight is 338 g/mol. The van der Waals surface area contributed by atoms with Crippen LogP contribution in [0.5, 0.6) is 0 Å². The molecule has 9 heteroatoms. The summed E-state index contributed by atoms with van der Waals surface area (Å²) in [5.41, 5.74) is 1.44. The number of imidazole rings is 1. The molecular formula is C13H12ClN5O2S. The summed E-state index contributed by atoms with van der Waals surface area (Å²) in [4.78, 5) is 3.86. The van der Waals surface area contributed by atoms with Gasteiger partial charge in [0.2, 0.25) is 15.0 Å². The van der Waals surface area contributed by atoms with Crippen molar-refractivity contribution in [3.05, 3.63) is 53.6 Å². The molecule has 3 aromatic rings. The first-order valence-electron chi connectivity index (χ1n) is 6.32. The second-order valence-electron chi connectivity index (χ2n) is 4.74. The van der Waals surface area contributed by atoms with Gasteiger partial charge in [0, 0.05) is 23.7 Å². The molecule has 0 amide bonds. The molecule has 0 aliphatic heterocycles. The molecule has 0 fully saturated rings. The highest BCUT2D eigenvalue weighted by Gasteiger charge is 2.15. The normalized spacial score (nSPS) is 11.7. The van der Waals surface area contributed by atoms with Crippen molar-refractivity contribution in [2.75, 3.05) is 6.26 Å². The van der Waals surface area contributed by atoms with Gasteiger partial charge in [-0.3, -0.25) is 0 Å². The van der Waals surface area contributed by atoms with Crippen molar-refractivity contribution in [3.8, 4) is 5.69 Å². The van der Waals surface area contributed by atoms with E-state index in [0.717, 1.165) is 11.9 Å². The predicted molar refractivity (Wildman–Crippen MR) is 80.8 cm³/mol. The van der Waals surface area contributed by atoms with Crippen LogP contribution in [0.25, 0.3) is 5.69 Å². The third kappa shape index (κ3) is 3.02. The summed E-state index contributed by atoms with van der Waals surface area (Å²) in [7, 11) is -3.38. The van der Waals surface area contributed by atoms with Crippen LogP contribution in [0.2, 0.25) is 5.02 Å². The number of benzene rings is 1. The molecule has 7 nitrogen and oxygen atoms in total. The van der Waals surface area contributed by atoms with Gasteiger partial charge in [0.05, 0.1) is 18.4 Å². The molecule has 114 valence electrons. The number of halogens is 1. The minimum absolute atomic E-state index is 0.00791. The van der Waals surface area contributed by atoms with E-state index in [1.54, 1.807) is 29.2 Å². The molecule has 0 spiro atoms. The lowest BCUT2D eigenvalue weighted by Gasteiger charge is -2.03. The highest BCUT2D eigenvalue weighted by Crippen LogP contribution is 2.14. The number of sulfone groups is 1. The van der Waals surface area contributed by atoms with E-state index in [0.29, 0.717) is 10.7 Å². The number of aromatic nitrogens is 5. The quantitative estimate of drug-likeness (QED) is 0.721. The zero-order valence-corrected chi connectivity index (χ0v) is 13.2. The number of rotatable bonds is 4. The monoisotopic (exact) mass is 337 g/mol. The van der Waals surface area contributed by atoms with Crippen molar-refractivity contribution < 1.29 is 8.42 Å². The molecule has 0 atom stereocenters. The Balaban J connectivity index is 1.86. The SMILES string of the molecule is CS(=O)(=O)c1nccn1Cc1cn(-c2ccc(Cl)cc2)nn1. The van der Waals surface area contributed by atoms with E-state index in [2.05, 4.69) is 15.3 Å². The fourth-order valence-electron chi connectivity index (χ4n) is 2.01. The van der Waals surface area contributed by atoms with Gasteiger partial charge < -0.3 is 4.57 Å². The lowest BCUT2D eigenvalue weighted by molar-refractivity contribution is 0.577. The molecule has 0 radical (unpaired) electrons. The van der Waals surface area contributed by atoms with Crippen molar-refractivity contribution in [3.63, 3.8) is 0 Å². The molecule has 0 aliphatic carbocycles. The fourth-order valence-corrected chi connectivity index (χ4v) is 2.94. The molecule has 2 aromatic heterocycles. The van der Waals surface area contributed by atoms with Gasteiger partial charge in [0.15, 0.2) is 0 Å². The average Bonchev–Trinajstić information content (AvgIpc) is 3.09. The summed E-state index contributed by atoms with van der Waals surface area (Å²) >= 11 is 5.85. The highest BCUT2D eigenvalue weighted by molar-refractivity contribution is 7.90. The summed E-state index contributed by atoms with van der Waals surface area (Å²) in [6, 6.07) is 7.16. The minimum Gasteiger partial charge on any atom is -0.316 e. The zero-order valence-electron chi connectivity index (χ0n) is 11.6. The van der Waals surface area contributed by atoms with Crippen LogP contribution < -0.4 is 0 Å². The Hall–Kier alpha value is -2.19. The van der Waals surface area contributed by atoms with Crippen LogP contribution in [-0.4, -0.2) is 39.2 Å². The molecule has 0 N–H and O–H groups in total. The van der Waals surface area contributed by atoms with Gasteiger partial charge in [0.1, 0.15) is 5.69 Å². The smallest absolute Gasteiger partial charge is 0.227 e. The van der Waals surface area contributed by atoms with Crippen molar-refractivity contribution in [1.82, 2.24) is 24.5 Å². The Bertz CT molecular complexity index is 899. The summed E-state index contributed by atoms with van der Waals surface area (Å²) in [5, 5.41) is 8.73. The van der Waals surface area contributed by atoms with Crippen LogP contribution in [0, 0.1) is 0 Å². The van der Waals surface area contributed by atoms with Crippen molar-refractivity contribution in [1.29, 1.82) is 0 Å². The topological polar surface area (TPSA) is 82.7 Å². The summed E-state index contributed by atoms with van der Waals surface area (Å²) in [6.45, 7) is 0.274. The first kappa shape index (κ1) is 14.7. The Morgan fingerprint density at radius 1 is 1.23 bits per heavy atom. The number of hydrogen-bond donors (Lipinski definition) is 0. The number of nitrogens with zero attached hydrogens (tertiary/aromatic N) is 5. The lowest BCUT2D eigenvalue weighted by Crippen LogP contribution is -2.09. The Morgan fingerprint density at radius 2 is 1.95 bits per heavy atom. The van der Waals surface area contributed by atoms with Gasteiger partial charge in [-0.25, -0.2) is 18.1 Å². The second kappa shape index (κ2) is 5.54. The largest absolute Gasteiger partial charge is 0.316 e. The summed E-state index contributed by atoms with van der Waals surface area (Å²) < 4.78 is 26.4. The first-order chi connectivity index (χ1) is 10.4. The van der Waals surface area contributed by atoms with Gasteiger partial charge in [-0.15, -0.1) is 5.10 Å². The first-order valence-corrected chi connectivity index (χ1v) is 8.59. The van der Waals surface area contributed by atoms with Gasteiger partial charge in [-0.05, 0) is 24.3 Å². The van der Waals surface area contributed by atoms with E-state index in [1.165, 1.54) is 10.8 Å². The van der Waals surface area contributed by atoms with E-state index in [9.17, 15) is 8.42 Å². The van der Waals surface area contributed by atoms with Crippen LogP contribution in [-0.2, 0) is 16.4 Å². The van der Waals surface area contributed by atoms with E-state index < -0.39 is 9.84 Å². The molecule has 1 aromatic carbocycles. The maximum absolute atomic E-state index is 11.6. The molecule has 2 heterocycles. The van der Waals surface area contributed by atoms with E-state index >= 15 is 0 Å². The molecular weight excluding hydrogens is 326 g/mol. The van der Waals surface area contributed by atoms with Gasteiger partial charge >= 0.3 is 0 Å². The molecule has 22 heavy (non-hydrogen) atoms. The maximum Gasteiger partial charge on any atom is 0.227 e. The lowest BCUT2D eigenvalue weighted by atomic mass is 10.3. The fraction of sp³-hybridized carbons (Fsp3) is 0.154. The van der Waals surface area contributed by atoms with E-state index in [-0.39, 0.29) is 11.7 Å². The van der Waals surface area contributed by atoms with Crippen molar-refractivity contribution in [2.24, 2.45) is 0 Å². The van der Waals surface area contributed by atoms with E-state index in [1.807, 2.05) is 12.1 Å². The summed E-state index contributed by atoms with van der Waals surface area (Å²) in [6.07, 6.45) is 5.89. The van der Waals surface area contributed by atoms with Crippen molar-refractivity contribution in [2.45, 2.75) is 11.7 Å². The van der Waals surface area contributed by atoms with Crippen LogP contribution in [0.1, 0.15) is 5.69 Å². The van der Waals surface area contributed by atoms with E-state index in [4.69, 9.17) is 11.6 Å². The van der Waals surface area contributed by atoms with Crippen LogP contribution in [0.3, 0.4) is 0 Å². The third-order valence-electron chi connectivity index (χ3n) is 2.97. The third-order valence-corrected chi connectivity index (χ3v) is 4.23. The molecule has 0 unspecified atom stereocenters. The Morgan fingerprint density at radius 3 is 2.64 bits per heavy atom. The van der Waals surface area contributed by atoms with Crippen LogP contribution >= 0.6 is 11.6 Å². The maximum atomic E-state index is 11.6. The molecule has 0 bridgehead atoms. The number of hydrogen-bond acceptors (Lipinski definition) is 5.